The minimum absolute atomic E-state index is 0.236. The number of rotatable bonds is 3. The molecule has 4 nitrogen and oxygen atoms in total. The van der Waals surface area contributed by atoms with Crippen molar-refractivity contribution in [1.82, 2.24) is 10.6 Å². The van der Waals surface area contributed by atoms with Crippen LogP contribution in [0.1, 0.15) is 19.8 Å². The van der Waals surface area contributed by atoms with Crippen molar-refractivity contribution in [2.75, 3.05) is 26.3 Å². The fourth-order valence-corrected chi connectivity index (χ4v) is 2.03. The number of amidine groups is 1. The van der Waals surface area contributed by atoms with Gasteiger partial charge in [0.2, 0.25) is 0 Å². The first kappa shape index (κ1) is 12.9. The summed E-state index contributed by atoms with van der Waals surface area (Å²) < 4.78 is 5.36. The monoisotopic (exact) mass is 245 g/mol. The maximum atomic E-state index is 9.78. The average molecular weight is 245 g/mol. The van der Waals surface area contributed by atoms with E-state index in [2.05, 4.69) is 16.8 Å². The van der Waals surface area contributed by atoms with Crippen molar-refractivity contribution in [1.29, 1.82) is 0 Å². The number of hydrogen-bond donors (Lipinski definition) is 0. The van der Waals surface area contributed by atoms with E-state index in [1.165, 1.54) is 0 Å². The smallest absolute Gasteiger partial charge is 0.111 e. The van der Waals surface area contributed by atoms with Crippen molar-refractivity contribution in [3.63, 3.8) is 0 Å². The van der Waals surface area contributed by atoms with Gasteiger partial charge in [-0.05, 0) is 18.6 Å². The van der Waals surface area contributed by atoms with Gasteiger partial charge in [0, 0.05) is 19.5 Å². The van der Waals surface area contributed by atoms with Gasteiger partial charge in [-0.2, -0.15) is 0 Å². The van der Waals surface area contributed by atoms with Crippen molar-refractivity contribution >= 4 is 17.2 Å². The van der Waals surface area contributed by atoms with Crippen LogP contribution in [-0.2, 0) is 4.74 Å². The van der Waals surface area contributed by atoms with Crippen molar-refractivity contribution in [2.24, 2.45) is 4.99 Å². The first-order valence-corrected chi connectivity index (χ1v) is 6.49. The normalized spacial score (nSPS) is 16.9. The van der Waals surface area contributed by atoms with Crippen LogP contribution in [0, 0.1) is 0 Å². The zero-order valence-corrected chi connectivity index (χ0v) is 10.8. The Kier molecular flexibility index (Phi) is 4.59. The van der Waals surface area contributed by atoms with Gasteiger partial charge in [-0.1, -0.05) is 19.1 Å². The molecule has 0 N–H and O–H groups in total. The van der Waals surface area contributed by atoms with E-state index < -0.39 is 0 Å². The summed E-state index contributed by atoms with van der Waals surface area (Å²) in [5.74, 6) is 1.04. The third-order valence-electron chi connectivity index (χ3n) is 2.98. The molecule has 1 saturated heterocycles. The van der Waals surface area contributed by atoms with Gasteiger partial charge in [0.05, 0.1) is 18.9 Å². The highest BCUT2D eigenvalue weighted by molar-refractivity contribution is 5.86. The molecule has 4 heteroatoms. The Balaban J connectivity index is 2.20. The molecule has 0 bridgehead atoms. The Bertz CT molecular complexity index is 411. The maximum absolute atomic E-state index is 9.78. The van der Waals surface area contributed by atoms with Crippen LogP contribution in [0.15, 0.2) is 29.3 Å². The summed E-state index contributed by atoms with van der Waals surface area (Å²) in [6.45, 7) is 5.41. The van der Waals surface area contributed by atoms with Gasteiger partial charge >= 0.3 is 0 Å². The summed E-state index contributed by atoms with van der Waals surface area (Å²) >= 11 is 0. The summed E-state index contributed by atoms with van der Waals surface area (Å²) in [7, 11) is 0. The largest absolute Gasteiger partial charge is 0.378 e. The molecule has 0 saturated carbocycles. The number of hydrogen-bond acceptors (Lipinski definition) is 2. The van der Waals surface area contributed by atoms with Crippen LogP contribution in [0.5, 0.6) is 0 Å². The first-order valence-electron chi connectivity index (χ1n) is 6.49. The van der Waals surface area contributed by atoms with E-state index in [-0.39, 0.29) is 5.69 Å². The van der Waals surface area contributed by atoms with Crippen LogP contribution in [0.25, 0.3) is 0 Å². The lowest BCUT2D eigenvalue weighted by molar-refractivity contribution is 0.0672. The van der Waals surface area contributed by atoms with Crippen LogP contribution in [0.2, 0.25) is 0 Å². The zero-order chi connectivity index (χ0) is 12.8. The number of nitrogens with zero attached hydrogens (tertiary/aromatic N) is 3. The number of benzene rings is 1. The second-order valence-electron chi connectivity index (χ2n) is 4.37. The Labute approximate surface area is 108 Å². The van der Waals surface area contributed by atoms with Gasteiger partial charge in [0.25, 0.3) is 0 Å². The third-order valence-corrected chi connectivity index (χ3v) is 2.98. The molecule has 0 unspecified atom stereocenters. The molecule has 1 aromatic carbocycles. The molecule has 1 aliphatic heterocycles. The maximum Gasteiger partial charge on any atom is 0.111 e. The Morgan fingerprint density at radius 3 is 2.72 bits per heavy atom. The SMILES string of the molecule is CCCC(=Nc1ccccc1[N])N1CCOCC1. The molecule has 0 atom stereocenters. The molecular formula is C14H19N3O. The summed E-state index contributed by atoms with van der Waals surface area (Å²) in [5.41, 5.74) is 10.7. The molecule has 0 aliphatic carbocycles. The van der Waals surface area contributed by atoms with E-state index in [1.54, 1.807) is 6.07 Å². The van der Waals surface area contributed by atoms with Crippen molar-refractivity contribution < 1.29 is 4.74 Å². The fraction of sp³-hybridized carbons (Fsp3) is 0.500. The van der Waals surface area contributed by atoms with Crippen LogP contribution < -0.4 is 5.73 Å². The van der Waals surface area contributed by atoms with E-state index >= 15 is 0 Å². The summed E-state index contributed by atoms with van der Waals surface area (Å²) in [4.78, 5) is 6.86. The second-order valence-corrected chi connectivity index (χ2v) is 4.37. The Morgan fingerprint density at radius 2 is 2.06 bits per heavy atom. The molecule has 1 heterocycles. The molecule has 1 aromatic rings. The van der Waals surface area contributed by atoms with Crippen LogP contribution in [-0.4, -0.2) is 37.0 Å². The van der Waals surface area contributed by atoms with E-state index in [1.807, 2.05) is 18.2 Å². The van der Waals surface area contributed by atoms with E-state index in [0.29, 0.717) is 5.69 Å². The highest BCUT2D eigenvalue weighted by atomic mass is 16.5. The molecule has 1 aliphatic rings. The predicted molar refractivity (Wildman–Crippen MR) is 72.6 cm³/mol. The predicted octanol–water partition coefficient (Wildman–Crippen LogP) is 2.55. The number of aliphatic imine (C=N–C) groups is 1. The van der Waals surface area contributed by atoms with Crippen molar-refractivity contribution in [2.45, 2.75) is 19.8 Å². The number of para-hydroxylation sites is 1. The molecule has 2 radical (unpaired) electrons. The average Bonchev–Trinajstić information content (AvgIpc) is 2.42. The third kappa shape index (κ3) is 3.23. The minimum atomic E-state index is 0.236. The molecule has 18 heavy (non-hydrogen) atoms. The molecule has 0 aromatic heterocycles. The van der Waals surface area contributed by atoms with Gasteiger partial charge in [-0.15, -0.1) is 5.73 Å². The van der Waals surface area contributed by atoms with Gasteiger partial charge in [-0.3, -0.25) is 0 Å². The molecule has 2 rings (SSSR count). The Morgan fingerprint density at radius 1 is 1.33 bits per heavy atom. The standard InChI is InChI=1S/C14H19N3O/c1-2-5-14(17-8-10-18-11-9-17)16-13-7-4-3-6-12(13)15/h3-4,6-7H,2,5,8-11H2,1H3. The van der Waals surface area contributed by atoms with Gasteiger partial charge in [0.15, 0.2) is 0 Å². The zero-order valence-electron chi connectivity index (χ0n) is 10.8. The lowest BCUT2D eigenvalue weighted by Gasteiger charge is -2.30. The Hall–Kier alpha value is -1.55. The lowest BCUT2D eigenvalue weighted by Crippen LogP contribution is -2.40. The molecule has 0 spiro atoms. The van der Waals surface area contributed by atoms with Crippen LogP contribution >= 0.6 is 0 Å². The minimum Gasteiger partial charge on any atom is -0.378 e. The molecular weight excluding hydrogens is 226 g/mol. The second kappa shape index (κ2) is 6.40. The van der Waals surface area contributed by atoms with Gasteiger partial charge in [0.1, 0.15) is 11.5 Å². The van der Waals surface area contributed by atoms with Crippen LogP contribution in [0.3, 0.4) is 0 Å². The highest BCUT2D eigenvalue weighted by Crippen LogP contribution is 2.23. The van der Waals surface area contributed by atoms with Crippen LogP contribution in [0.4, 0.5) is 11.4 Å². The molecule has 1 fully saturated rings. The fourth-order valence-electron chi connectivity index (χ4n) is 2.03. The van der Waals surface area contributed by atoms with E-state index in [4.69, 9.17) is 4.74 Å². The van der Waals surface area contributed by atoms with Gasteiger partial charge < -0.3 is 9.64 Å². The van der Waals surface area contributed by atoms with Gasteiger partial charge in [-0.25, -0.2) is 4.99 Å². The summed E-state index contributed by atoms with van der Waals surface area (Å²) in [6.07, 6.45) is 1.97. The topological polar surface area (TPSA) is 47.1 Å². The molecule has 96 valence electrons. The van der Waals surface area contributed by atoms with Crippen molar-refractivity contribution in [3.05, 3.63) is 24.3 Å². The van der Waals surface area contributed by atoms with E-state index in [9.17, 15) is 5.73 Å². The summed E-state index contributed by atoms with van der Waals surface area (Å²) in [5, 5.41) is 0. The number of morpholine rings is 1. The number of ether oxygens (including phenoxy) is 1. The van der Waals surface area contributed by atoms with Crippen molar-refractivity contribution in [3.8, 4) is 0 Å². The quantitative estimate of drug-likeness (QED) is 0.607. The summed E-state index contributed by atoms with van der Waals surface area (Å²) in [6, 6.07) is 7.21. The highest BCUT2D eigenvalue weighted by Gasteiger charge is 2.14. The van der Waals surface area contributed by atoms with E-state index in [0.717, 1.165) is 45.0 Å². The molecule has 0 amide bonds. The first-order chi connectivity index (χ1) is 8.81. The lowest BCUT2D eigenvalue weighted by atomic mass is 10.2.